The summed E-state index contributed by atoms with van der Waals surface area (Å²) in [4.78, 5) is 2.28. The van der Waals surface area contributed by atoms with Crippen LogP contribution in [-0.2, 0) is 17.6 Å². The first-order valence-corrected chi connectivity index (χ1v) is 15.5. The third-order valence-electron chi connectivity index (χ3n) is 7.09. The summed E-state index contributed by atoms with van der Waals surface area (Å²) in [7, 11) is 2.12. The average molecular weight is 511 g/mol. The molecule has 0 radical (unpaired) electrons. The SMILES string of the molecule is CC.CC(C)SNCC(C)C1CCC(c2ccc(CCNS(=O)N3CCN(C)CC3)cc2)CC1. The van der Waals surface area contributed by atoms with E-state index in [4.69, 9.17) is 0 Å². The molecule has 1 heterocycles. The summed E-state index contributed by atoms with van der Waals surface area (Å²) in [5, 5.41) is 0.649. The maximum absolute atomic E-state index is 12.4. The van der Waals surface area contributed by atoms with Crippen molar-refractivity contribution >= 4 is 23.1 Å². The van der Waals surface area contributed by atoms with E-state index in [1.165, 1.54) is 36.8 Å². The maximum Gasteiger partial charge on any atom is 0.170 e. The molecule has 1 saturated carbocycles. The molecule has 0 spiro atoms. The van der Waals surface area contributed by atoms with E-state index in [9.17, 15) is 4.21 Å². The van der Waals surface area contributed by atoms with E-state index in [2.05, 4.69) is 66.4 Å². The van der Waals surface area contributed by atoms with E-state index >= 15 is 0 Å². The van der Waals surface area contributed by atoms with Crippen LogP contribution in [0.4, 0.5) is 0 Å². The number of hydrogen-bond acceptors (Lipinski definition) is 4. The number of likely N-dealkylation sites (N-methyl/N-ethyl adjacent to an activating group) is 1. The van der Waals surface area contributed by atoms with Crippen LogP contribution < -0.4 is 9.44 Å². The smallest absolute Gasteiger partial charge is 0.170 e. The molecule has 196 valence electrons. The lowest BCUT2D eigenvalue weighted by molar-refractivity contribution is 0.227. The van der Waals surface area contributed by atoms with Crippen molar-refractivity contribution in [1.82, 2.24) is 18.6 Å². The number of nitrogens with one attached hydrogen (secondary N) is 2. The van der Waals surface area contributed by atoms with Gasteiger partial charge in [0.05, 0.1) is 0 Å². The van der Waals surface area contributed by atoms with Crippen molar-refractivity contribution in [1.29, 1.82) is 0 Å². The number of rotatable bonds is 11. The Morgan fingerprint density at radius 3 is 2.21 bits per heavy atom. The monoisotopic (exact) mass is 510 g/mol. The molecule has 34 heavy (non-hydrogen) atoms. The fourth-order valence-electron chi connectivity index (χ4n) is 4.82. The van der Waals surface area contributed by atoms with E-state index in [1.54, 1.807) is 0 Å². The van der Waals surface area contributed by atoms with E-state index in [0.29, 0.717) is 11.2 Å². The summed E-state index contributed by atoms with van der Waals surface area (Å²) in [6.07, 6.45) is 6.26. The third-order valence-corrected chi connectivity index (χ3v) is 9.18. The van der Waals surface area contributed by atoms with Crippen LogP contribution in [0.2, 0.25) is 0 Å². The highest BCUT2D eigenvalue weighted by Gasteiger charge is 2.26. The van der Waals surface area contributed by atoms with Crippen LogP contribution in [0.3, 0.4) is 0 Å². The summed E-state index contributed by atoms with van der Waals surface area (Å²) in [6.45, 7) is 16.5. The minimum absolute atomic E-state index is 0.649. The normalized spacial score (nSPS) is 23.9. The molecule has 1 aromatic carbocycles. The largest absolute Gasteiger partial charge is 0.304 e. The van der Waals surface area contributed by atoms with Gasteiger partial charge in [0.2, 0.25) is 0 Å². The highest BCUT2D eigenvalue weighted by molar-refractivity contribution is 7.97. The van der Waals surface area contributed by atoms with Gasteiger partial charge >= 0.3 is 0 Å². The van der Waals surface area contributed by atoms with Crippen molar-refractivity contribution < 1.29 is 4.21 Å². The minimum Gasteiger partial charge on any atom is -0.304 e. The molecule has 1 aliphatic heterocycles. The van der Waals surface area contributed by atoms with Gasteiger partial charge in [-0.2, -0.15) is 0 Å². The Kier molecular flexibility index (Phi) is 14.3. The summed E-state index contributed by atoms with van der Waals surface area (Å²) in [5.41, 5.74) is 2.83. The molecule has 0 bridgehead atoms. The molecule has 2 atom stereocenters. The highest BCUT2D eigenvalue weighted by Crippen LogP contribution is 2.38. The standard InChI is InChI=1S/C25H44N4OS2.C2H6/c1-20(2)31-26-19-21(3)23-9-11-25(12-10-23)24-7-5-22(6-8-24)13-14-27-32(30)29-17-15-28(4)16-18-29;1-2/h5-8,20-21,23,25-27H,9-19H2,1-4H3;1-2H3. The molecule has 3 rings (SSSR count). The second-order valence-corrected chi connectivity index (χ2v) is 12.7. The van der Waals surface area contributed by atoms with Gasteiger partial charge in [-0.15, -0.1) is 0 Å². The maximum atomic E-state index is 12.4. The van der Waals surface area contributed by atoms with Gasteiger partial charge in [-0.25, -0.2) is 13.2 Å². The van der Waals surface area contributed by atoms with E-state index in [0.717, 1.165) is 57.5 Å². The third kappa shape index (κ3) is 10.3. The number of nitrogens with zero attached hydrogens (tertiary/aromatic N) is 2. The van der Waals surface area contributed by atoms with Gasteiger partial charge in [0, 0.05) is 44.5 Å². The Morgan fingerprint density at radius 1 is 1.00 bits per heavy atom. The molecular formula is C27H50N4OS2. The van der Waals surface area contributed by atoms with Crippen LogP contribution >= 0.6 is 11.9 Å². The first-order valence-electron chi connectivity index (χ1n) is 13.5. The molecule has 5 nitrogen and oxygen atoms in total. The predicted molar refractivity (Wildman–Crippen MR) is 151 cm³/mol. The van der Waals surface area contributed by atoms with Gasteiger partial charge in [0.1, 0.15) is 0 Å². The van der Waals surface area contributed by atoms with E-state index in [-0.39, 0.29) is 0 Å². The molecule has 0 aromatic heterocycles. The van der Waals surface area contributed by atoms with Crippen molar-refractivity contribution in [2.24, 2.45) is 11.8 Å². The fourth-order valence-corrected chi connectivity index (χ4v) is 6.47. The topological polar surface area (TPSA) is 47.6 Å². The van der Waals surface area contributed by atoms with Crippen molar-refractivity contribution in [3.8, 4) is 0 Å². The number of piperazine rings is 1. The fraction of sp³-hybridized carbons (Fsp3) is 0.778. The van der Waals surface area contributed by atoms with Crippen LogP contribution in [0.1, 0.15) is 77.3 Å². The molecule has 2 N–H and O–H groups in total. The van der Waals surface area contributed by atoms with Gasteiger partial charge in [-0.1, -0.05) is 70.8 Å². The average Bonchev–Trinajstić information content (AvgIpc) is 2.86. The van der Waals surface area contributed by atoms with Crippen LogP contribution in [-0.4, -0.2) is 65.0 Å². The van der Waals surface area contributed by atoms with Gasteiger partial charge < -0.3 is 4.90 Å². The molecule has 1 aliphatic carbocycles. The lowest BCUT2D eigenvalue weighted by Crippen LogP contribution is -2.48. The van der Waals surface area contributed by atoms with Crippen LogP contribution in [0, 0.1) is 11.8 Å². The Bertz CT molecular complexity index is 684. The zero-order valence-electron chi connectivity index (χ0n) is 22.5. The summed E-state index contributed by atoms with van der Waals surface area (Å²) < 4.78 is 21.2. The van der Waals surface area contributed by atoms with Crippen LogP contribution in [0.5, 0.6) is 0 Å². The van der Waals surface area contributed by atoms with Gasteiger partial charge in [0.15, 0.2) is 11.2 Å². The molecule has 7 heteroatoms. The Hall–Kier alpha value is -0.440. The molecule has 1 saturated heterocycles. The second-order valence-electron chi connectivity index (χ2n) is 9.97. The summed E-state index contributed by atoms with van der Waals surface area (Å²) in [5.74, 6) is 2.33. The molecular weight excluding hydrogens is 460 g/mol. The molecule has 2 fully saturated rings. The van der Waals surface area contributed by atoms with Crippen molar-refractivity contribution in [3.63, 3.8) is 0 Å². The molecule has 0 amide bonds. The minimum atomic E-state index is -1.06. The van der Waals surface area contributed by atoms with Crippen LogP contribution in [0.25, 0.3) is 0 Å². The number of hydrogen-bond donors (Lipinski definition) is 2. The Balaban J connectivity index is 0.00000199. The van der Waals surface area contributed by atoms with Gasteiger partial charge in [0.25, 0.3) is 0 Å². The second kappa shape index (κ2) is 16.3. The van der Waals surface area contributed by atoms with Gasteiger partial charge in [-0.3, -0.25) is 4.72 Å². The Labute approximate surface area is 217 Å². The number of benzene rings is 1. The molecule has 2 aliphatic rings. The zero-order chi connectivity index (χ0) is 24.9. The lowest BCUT2D eigenvalue weighted by atomic mass is 9.74. The molecule has 2 unspecified atom stereocenters. The van der Waals surface area contributed by atoms with Crippen molar-refractivity contribution in [2.45, 2.75) is 77.9 Å². The van der Waals surface area contributed by atoms with Gasteiger partial charge in [-0.05, 0) is 68.0 Å². The first kappa shape index (κ1) is 29.8. The lowest BCUT2D eigenvalue weighted by Gasteiger charge is -2.32. The summed E-state index contributed by atoms with van der Waals surface area (Å²) in [6, 6.07) is 9.22. The quantitative estimate of drug-likeness (QED) is 0.400. The predicted octanol–water partition coefficient (Wildman–Crippen LogP) is 5.23. The first-order chi connectivity index (χ1) is 16.4. The van der Waals surface area contributed by atoms with Crippen molar-refractivity contribution in [2.75, 3.05) is 46.3 Å². The highest BCUT2D eigenvalue weighted by atomic mass is 32.2. The van der Waals surface area contributed by atoms with Crippen molar-refractivity contribution in [3.05, 3.63) is 35.4 Å². The molecule has 1 aromatic rings. The van der Waals surface area contributed by atoms with E-state index < -0.39 is 11.2 Å². The zero-order valence-corrected chi connectivity index (χ0v) is 24.1. The van der Waals surface area contributed by atoms with E-state index in [1.807, 2.05) is 30.1 Å². The van der Waals surface area contributed by atoms with Crippen LogP contribution in [0.15, 0.2) is 24.3 Å². The summed E-state index contributed by atoms with van der Waals surface area (Å²) >= 11 is 0.796. The Morgan fingerprint density at radius 2 is 1.62 bits per heavy atom.